The van der Waals surface area contributed by atoms with Crippen LogP contribution in [0.1, 0.15) is 85.5 Å². The number of hydrogen-bond donors (Lipinski definition) is 2. The molecule has 3 nitrogen and oxygen atoms in total. The second-order valence-corrected chi connectivity index (χ2v) is 10.5. The van der Waals surface area contributed by atoms with E-state index in [1.165, 1.54) is 59.1 Å². The first-order chi connectivity index (χ1) is 17.8. The van der Waals surface area contributed by atoms with E-state index < -0.39 is 5.97 Å². The van der Waals surface area contributed by atoms with Crippen LogP contribution in [0.3, 0.4) is 0 Å². The van der Waals surface area contributed by atoms with Crippen molar-refractivity contribution in [2.24, 2.45) is 0 Å². The summed E-state index contributed by atoms with van der Waals surface area (Å²) >= 11 is 0. The first-order valence-corrected chi connectivity index (χ1v) is 13.5. The van der Waals surface area contributed by atoms with Crippen molar-refractivity contribution in [2.75, 3.05) is 0 Å². The van der Waals surface area contributed by atoms with Gasteiger partial charge in [0.25, 0.3) is 0 Å². The molecular formula is C34H39NO2. The molecular weight excluding hydrogens is 454 g/mol. The van der Waals surface area contributed by atoms with Gasteiger partial charge in [-0.3, -0.25) is 0 Å². The molecule has 3 heteroatoms. The van der Waals surface area contributed by atoms with Crippen LogP contribution in [0.4, 0.5) is 0 Å². The van der Waals surface area contributed by atoms with Gasteiger partial charge in [-0.25, -0.2) is 4.79 Å². The lowest BCUT2D eigenvalue weighted by Gasteiger charge is -2.19. The van der Waals surface area contributed by atoms with E-state index in [2.05, 4.69) is 63.0 Å². The van der Waals surface area contributed by atoms with Crippen molar-refractivity contribution in [1.82, 2.24) is 5.32 Å². The second-order valence-electron chi connectivity index (χ2n) is 10.5. The summed E-state index contributed by atoms with van der Waals surface area (Å²) in [6.45, 7) is 10.9. The lowest BCUT2D eigenvalue weighted by molar-refractivity contribution is 0.0697. The van der Waals surface area contributed by atoms with Crippen molar-refractivity contribution in [1.29, 1.82) is 0 Å². The number of carbonyl (C=O) groups is 1. The SMILES string of the molecule is C=C(NC1CCCC1)c1ccc(CCCc2ccc(-c3ccccc3C(=O)O)cc2)c(C(C)=C(C)C)c1. The molecule has 1 fully saturated rings. The van der Waals surface area contributed by atoms with E-state index in [-0.39, 0.29) is 0 Å². The third-order valence-corrected chi connectivity index (χ3v) is 7.68. The summed E-state index contributed by atoms with van der Waals surface area (Å²) in [5.41, 5.74) is 10.9. The Labute approximate surface area is 222 Å². The molecule has 37 heavy (non-hydrogen) atoms. The van der Waals surface area contributed by atoms with Crippen LogP contribution in [0, 0.1) is 0 Å². The molecule has 3 aromatic rings. The fourth-order valence-corrected chi connectivity index (χ4v) is 5.26. The van der Waals surface area contributed by atoms with Crippen molar-refractivity contribution in [3.05, 3.63) is 107 Å². The summed E-state index contributed by atoms with van der Waals surface area (Å²) in [4.78, 5) is 11.6. The second kappa shape index (κ2) is 12.1. The Kier molecular flexibility index (Phi) is 8.66. The minimum absolute atomic E-state index is 0.335. The van der Waals surface area contributed by atoms with Crippen LogP contribution in [0.25, 0.3) is 22.4 Å². The van der Waals surface area contributed by atoms with Gasteiger partial charge in [0.2, 0.25) is 0 Å². The summed E-state index contributed by atoms with van der Waals surface area (Å²) in [5, 5.41) is 13.2. The van der Waals surface area contributed by atoms with Gasteiger partial charge in [0.05, 0.1) is 5.56 Å². The van der Waals surface area contributed by atoms with E-state index in [1.54, 1.807) is 12.1 Å². The fourth-order valence-electron chi connectivity index (χ4n) is 5.26. The average Bonchev–Trinajstić information content (AvgIpc) is 3.41. The molecule has 0 amide bonds. The Morgan fingerprint density at radius 1 is 0.919 bits per heavy atom. The number of carboxylic acid groups (broad SMARTS) is 1. The minimum Gasteiger partial charge on any atom is -0.478 e. The van der Waals surface area contributed by atoms with E-state index >= 15 is 0 Å². The zero-order valence-corrected chi connectivity index (χ0v) is 22.4. The summed E-state index contributed by atoms with van der Waals surface area (Å²) in [7, 11) is 0. The van der Waals surface area contributed by atoms with Gasteiger partial charge >= 0.3 is 5.97 Å². The number of allylic oxidation sites excluding steroid dienone is 2. The van der Waals surface area contributed by atoms with Gasteiger partial charge in [-0.2, -0.15) is 0 Å². The standard InChI is InChI=1S/C34H39NO2/c1-23(2)24(3)33-22-29(25(4)35-30-12-5-6-13-30)21-20-27(33)11-9-10-26-16-18-28(19-17-26)31-14-7-8-15-32(31)34(36)37/h7-8,14-22,30,35H,4-6,9-13H2,1-3H3,(H,36,37). The summed E-state index contributed by atoms with van der Waals surface area (Å²) in [5.74, 6) is -0.897. The molecule has 0 unspecified atom stereocenters. The monoisotopic (exact) mass is 493 g/mol. The van der Waals surface area contributed by atoms with Crippen LogP contribution in [-0.2, 0) is 12.8 Å². The van der Waals surface area contributed by atoms with Crippen molar-refractivity contribution in [2.45, 2.75) is 71.8 Å². The molecule has 4 rings (SSSR count). The topological polar surface area (TPSA) is 49.3 Å². The molecule has 1 saturated carbocycles. The molecule has 1 aliphatic carbocycles. The van der Waals surface area contributed by atoms with E-state index in [1.807, 2.05) is 24.3 Å². The van der Waals surface area contributed by atoms with Gasteiger partial charge in [-0.1, -0.05) is 79.6 Å². The number of carboxylic acids is 1. The van der Waals surface area contributed by atoms with E-state index in [0.717, 1.165) is 36.1 Å². The predicted octanol–water partition coefficient (Wildman–Crippen LogP) is 8.54. The molecule has 0 spiro atoms. The molecule has 3 aromatic carbocycles. The van der Waals surface area contributed by atoms with Crippen LogP contribution in [-0.4, -0.2) is 17.1 Å². The third kappa shape index (κ3) is 6.60. The highest BCUT2D eigenvalue weighted by Gasteiger charge is 2.16. The molecule has 192 valence electrons. The van der Waals surface area contributed by atoms with Gasteiger partial charge in [-0.15, -0.1) is 0 Å². The van der Waals surface area contributed by atoms with Crippen LogP contribution < -0.4 is 5.32 Å². The molecule has 0 radical (unpaired) electrons. The van der Waals surface area contributed by atoms with Crippen molar-refractivity contribution in [3.63, 3.8) is 0 Å². The normalized spacial score (nSPS) is 13.4. The lowest BCUT2D eigenvalue weighted by atomic mass is 9.91. The van der Waals surface area contributed by atoms with Crippen molar-refractivity contribution in [3.8, 4) is 11.1 Å². The van der Waals surface area contributed by atoms with Gasteiger partial charge < -0.3 is 10.4 Å². The van der Waals surface area contributed by atoms with Crippen LogP contribution in [0.15, 0.2) is 78.9 Å². The lowest BCUT2D eigenvalue weighted by Crippen LogP contribution is -2.23. The number of benzene rings is 3. The molecule has 1 aliphatic rings. The maximum absolute atomic E-state index is 11.6. The third-order valence-electron chi connectivity index (χ3n) is 7.68. The van der Waals surface area contributed by atoms with Crippen LogP contribution >= 0.6 is 0 Å². The molecule has 0 saturated heterocycles. The summed E-state index contributed by atoms with van der Waals surface area (Å²) in [6, 6.07) is 22.9. The zero-order valence-electron chi connectivity index (χ0n) is 22.4. The van der Waals surface area contributed by atoms with Crippen LogP contribution in [0.5, 0.6) is 0 Å². The Morgan fingerprint density at radius 2 is 1.62 bits per heavy atom. The number of hydrogen-bond acceptors (Lipinski definition) is 2. The Balaban J connectivity index is 1.44. The van der Waals surface area contributed by atoms with Gasteiger partial charge in [0.15, 0.2) is 0 Å². The van der Waals surface area contributed by atoms with Crippen molar-refractivity contribution < 1.29 is 9.90 Å². The predicted molar refractivity (Wildman–Crippen MR) is 156 cm³/mol. The molecule has 0 heterocycles. The largest absolute Gasteiger partial charge is 0.478 e. The van der Waals surface area contributed by atoms with E-state index in [9.17, 15) is 9.90 Å². The highest BCUT2D eigenvalue weighted by Crippen LogP contribution is 2.29. The fraction of sp³-hybridized carbons (Fsp3) is 0.324. The maximum atomic E-state index is 11.6. The van der Waals surface area contributed by atoms with Gasteiger partial charge in [0.1, 0.15) is 0 Å². The Bertz CT molecular complexity index is 1290. The molecule has 0 atom stereocenters. The average molecular weight is 494 g/mol. The molecule has 0 aromatic heterocycles. The quantitative estimate of drug-likeness (QED) is 0.297. The number of aromatic carboxylic acids is 1. The highest BCUT2D eigenvalue weighted by atomic mass is 16.4. The number of aryl methyl sites for hydroxylation is 2. The summed E-state index contributed by atoms with van der Waals surface area (Å²) < 4.78 is 0. The first-order valence-electron chi connectivity index (χ1n) is 13.5. The van der Waals surface area contributed by atoms with E-state index in [0.29, 0.717) is 11.6 Å². The minimum atomic E-state index is -0.897. The Morgan fingerprint density at radius 3 is 2.30 bits per heavy atom. The van der Waals surface area contributed by atoms with Gasteiger partial charge in [0, 0.05) is 11.7 Å². The number of rotatable bonds is 10. The zero-order chi connectivity index (χ0) is 26.4. The highest BCUT2D eigenvalue weighted by molar-refractivity contribution is 5.96. The summed E-state index contributed by atoms with van der Waals surface area (Å²) in [6.07, 6.45) is 8.13. The maximum Gasteiger partial charge on any atom is 0.336 e. The molecule has 0 aliphatic heterocycles. The Hall–Kier alpha value is -3.59. The first kappa shape index (κ1) is 26.5. The van der Waals surface area contributed by atoms with Crippen molar-refractivity contribution >= 4 is 17.2 Å². The van der Waals surface area contributed by atoms with Crippen LogP contribution in [0.2, 0.25) is 0 Å². The van der Waals surface area contributed by atoms with Gasteiger partial charge in [-0.05, 0) is 104 Å². The molecule has 2 N–H and O–H groups in total. The smallest absolute Gasteiger partial charge is 0.336 e. The van der Waals surface area contributed by atoms with E-state index in [4.69, 9.17) is 0 Å². The number of nitrogens with one attached hydrogen (secondary N) is 1. The molecule has 0 bridgehead atoms.